The average Bonchev–Trinajstić information content (AvgIpc) is 2.36. The predicted octanol–water partition coefficient (Wildman–Crippen LogP) is 1.28. The van der Waals surface area contributed by atoms with E-state index in [1.54, 1.807) is 0 Å². The Kier molecular flexibility index (Phi) is 6.53. The van der Waals surface area contributed by atoms with Gasteiger partial charge in [-0.25, -0.2) is 0 Å². The molecule has 0 heterocycles. The predicted molar refractivity (Wildman–Crippen MR) is 78.9 cm³/mol. The molecular weight excluding hydrogens is 238 g/mol. The first-order chi connectivity index (χ1) is 8.97. The van der Waals surface area contributed by atoms with Gasteiger partial charge < -0.3 is 16.0 Å². The fourth-order valence-corrected chi connectivity index (χ4v) is 1.59. The molecule has 0 radical (unpaired) electrons. The van der Waals surface area contributed by atoms with Gasteiger partial charge in [0.05, 0.1) is 6.54 Å². The summed E-state index contributed by atoms with van der Waals surface area (Å²) in [6, 6.07) is 9.91. The van der Waals surface area contributed by atoms with E-state index < -0.39 is 0 Å². The summed E-state index contributed by atoms with van der Waals surface area (Å²) in [5.74, 6) is 0.0274. The second-order valence-corrected chi connectivity index (χ2v) is 5.62. The number of carbonyl (C=O) groups excluding carboxylic acids is 1. The SMILES string of the molecule is CC(C)(C)NCCNCC(=O)NCc1ccccc1. The standard InChI is InChI=1S/C15H25N3O/c1-15(2,3)18-10-9-16-12-14(19)17-11-13-7-5-4-6-8-13/h4-8,16,18H,9-12H2,1-3H3,(H,17,19). The van der Waals surface area contributed by atoms with Crippen molar-refractivity contribution >= 4 is 5.91 Å². The Morgan fingerprint density at radius 3 is 2.42 bits per heavy atom. The number of benzene rings is 1. The highest BCUT2D eigenvalue weighted by atomic mass is 16.1. The molecule has 1 rings (SSSR count). The van der Waals surface area contributed by atoms with E-state index in [0.717, 1.165) is 18.7 Å². The van der Waals surface area contributed by atoms with Gasteiger partial charge >= 0.3 is 0 Å². The molecule has 0 aliphatic heterocycles. The average molecular weight is 263 g/mol. The fourth-order valence-electron chi connectivity index (χ4n) is 1.59. The molecule has 3 N–H and O–H groups in total. The van der Waals surface area contributed by atoms with Crippen LogP contribution in [0, 0.1) is 0 Å². The van der Waals surface area contributed by atoms with Crippen molar-refractivity contribution in [1.82, 2.24) is 16.0 Å². The minimum atomic E-state index is 0.0274. The van der Waals surface area contributed by atoms with Gasteiger partial charge in [0, 0.05) is 25.2 Å². The Hall–Kier alpha value is -1.39. The van der Waals surface area contributed by atoms with Crippen LogP contribution in [0.1, 0.15) is 26.3 Å². The van der Waals surface area contributed by atoms with Crippen LogP contribution in [0.2, 0.25) is 0 Å². The first-order valence-electron chi connectivity index (χ1n) is 6.74. The third-order valence-corrected chi connectivity index (χ3v) is 2.58. The van der Waals surface area contributed by atoms with Crippen LogP contribution in [0.3, 0.4) is 0 Å². The lowest BCUT2D eigenvalue weighted by atomic mass is 10.1. The normalized spacial score (nSPS) is 11.3. The molecule has 106 valence electrons. The van der Waals surface area contributed by atoms with Gasteiger partial charge in [-0.15, -0.1) is 0 Å². The number of rotatable bonds is 7. The molecule has 0 bridgehead atoms. The molecule has 0 unspecified atom stereocenters. The van der Waals surface area contributed by atoms with Gasteiger partial charge in [-0.05, 0) is 26.3 Å². The van der Waals surface area contributed by atoms with Crippen LogP contribution in [0.4, 0.5) is 0 Å². The maximum absolute atomic E-state index is 11.6. The molecule has 0 fully saturated rings. The van der Waals surface area contributed by atoms with E-state index in [-0.39, 0.29) is 11.4 Å². The van der Waals surface area contributed by atoms with E-state index in [1.165, 1.54) is 0 Å². The summed E-state index contributed by atoms with van der Waals surface area (Å²) in [5, 5.41) is 9.36. The minimum absolute atomic E-state index is 0.0274. The lowest BCUT2D eigenvalue weighted by molar-refractivity contribution is -0.120. The highest BCUT2D eigenvalue weighted by Gasteiger charge is 2.07. The summed E-state index contributed by atoms with van der Waals surface area (Å²) in [6.07, 6.45) is 0. The first-order valence-corrected chi connectivity index (χ1v) is 6.74. The van der Waals surface area contributed by atoms with Crippen LogP contribution in [-0.4, -0.2) is 31.1 Å². The number of hydrogen-bond acceptors (Lipinski definition) is 3. The third kappa shape index (κ3) is 8.35. The van der Waals surface area contributed by atoms with E-state index in [0.29, 0.717) is 13.1 Å². The van der Waals surface area contributed by atoms with E-state index in [1.807, 2.05) is 30.3 Å². The van der Waals surface area contributed by atoms with Crippen molar-refractivity contribution in [2.75, 3.05) is 19.6 Å². The molecule has 4 heteroatoms. The molecule has 0 saturated carbocycles. The van der Waals surface area contributed by atoms with Gasteiger partial charge in [0.1, 0.15) is 0 Å². The Bertz CT molecular complexity index is 371. The van der Waals surface area contributed by atoms with Crippen molar-refractivity contribution in [3.63, 3.8) is 0 Å². The highest BCUT2D eigenvalue weighted by molar-refractivity contribution is 5.77. The third-order valence-electron chi connectivity index (χ3n) is 2.58. The van der Waals surface area contributed by atoms with E-state index in [2.05, 4.69) is 36.7 Å². The van der Waals surface area contributed by atoms with Crippen molar-refractivity contribution in [3.05, 3.63) is 35.9 Å². The lowest BCUT2D eigenvalue weighted by Crippen LogP contribution is -2.42. The molecule has 1 aromatic carbocycles. The molecule has 0 atom stereocenters. The zero-order valence-electron chi connectivity index (χ0n) is 12.1. The molecule has 0 aliphatic rings. The molecule has 0 aromatic heterocycles. The fraction of sp³-hybridized carbons (Fsp3) is 0.533. The van der Waals surface area contributed by atoms with Gasteiger partial charge in [-0.1, -0.05) is 30.3 Å². The lowest BCUT2D eigenvalue weighted by Gasteiger charge is -2.20. The largest absolute Gasteiger partial charge is 0.351 e. The number of nitrogens with one attached hydrogen (secondary N) is 3. The first kappa shape index (κ1) is 15.7. The van der Waals surface area contributed by atoms with Crippen molar-refractivity contribution < 1.29 is 4.79 Å². The maximum atomic E-state index is 11.6. The van der Waals surface area contributed by atoms with Crippen LogP contribution in [0.25, 0.3) is 0 Å². The number of amides is 1. The Morgan fingerprint density at radius 2 is 1.79 bits per heavy atom. The van der Waals surface area contributed by atoms with Crippen LogP contribution in [0.5, 0.6) is 0 Å². The molecule has 0 saturated heterocycles. The van der Waals surface area contributed by atoms with Crippen LogP contribution >= 0.6 is 0 Å². The smallest absolute Gasteiger partial charge is 0.234 e. The zero-order valence-corrected chi connectivity index (χ0v) is 12.1. The molecule has 19 heavy (non-hydrogen) atoms. The Balaban J connectivity index is 2.06. The second kappa shape index (κ2) is 7.92. The summed E-state index contributed by atoms with van der Waals surface area (Å²) in [6.45, 7) is 8.96. The Morgan fingerprint density at radius 1 is 1.11 bits per heavy atom. The van der Waals surface area contributed by atoms with Crippen LogP contribution < -0.4 is 16.0 Å². The van der Waals surface area contributed by atoms with Crippen LogP contribution in [0.15, 0.2) is 30.3 Å². The van der Waals surface area contributed by atoms with Crippen molar-refractivity contribution in [2.24, 2.45) is 0 Å². The Labute approximate surface area is 116 Å². The summed E-state index contributed by atoms with van der Waals surface area (Å²) >= 11 is 0. The van der Waals surface area contributed by atoms with Crippen molar-refractivity contribution in [1.29, 1.82) is 0 Å². The van der Waals surface area contributed by atoms with Gasteiger partial charge in [-0.3, -0.25) is 4.79 Å². The van der Waals surface area contributed by atoms with E-state index in [9.17, 15) is 4.79 Å². The highest BCUT2D eigenvalue weighted by Crippen LogP contribution is 1.97. The molecular formula is C15H25N3O. The summed E-state index contributed by atoms with van der Waals surface area (Å²) < 4.78 is 0. The van der Waals surface area contributed by atoms with Gasteiger partial charge in [0.15, 0.2) is 0 Å². The van der Waals surface area contributed by atoms with E-state index in [4.69, 9.17) is 0 Å². The van der Waals surface area contributed by atoms with E-state index >= 15 is 0 Å². The summed E-state index contributed by atoms with van der Waals surface area (Å²) in [7, 11) is 0. The monoisotopic (exact) mass is 263 g/mol. The van der Waals surface area contributed by atoms with Crippen molar-refractivity contribution in [3.8, 4) is 0 Å². The van der Waals surface area contributed by atoms with Gasteiger partial charge in [0.2, 0.25) is 5.91 Å². The number of carbonyl (C=O) groups is 1. The summed E-state index contributed by atoms with van der Waals surface area (Å²) in [5.41, 5.74) is 1.24. The summed E-state index contributed by atoms with van der Waals surface area (Å²) in [4.78, 5) is 11.6. The minimum Gasteiger partial charge on any atom is -0.351 e. The molecule has 4 nitrogen and oxygen atoms in total. The molecule has 0 aliphatic carbocycles. The molecule has 0 spiro atoms. The second-order valence-electron chi connectivity index (χ2n) is 5.62. The van der Waals surface area contributed by atoms with Crippen molar-refractivity contribution in [2.45, 2.75) is 32.9 Å². The maximum Gasteiger partial charge on any atom is 0.234 e. The molecule has 1 amide bonds. The molecule has 1 aromatic rings. The van der Waals surface area contributed by atoms with Gasteiger partial charge in [0.25, 0.3) is 0 Å². The van der Waals surface area contributed by atoms with Gasteiger partial charge in [-0.2, -0.15) is 0 Å². The number of hydrogen-bond donors (Lipinski definition) is 3. The quantitative estimate of drug-likeness (QED) is 0.650. The topological polar surface area (TPSA) is 53.2 Å². The zero-order chi connectivity index (χ0) is 14.1. The van der Waals surface area contributed by atoms with Crippen LogP contribution in [-0.2, 0) is 11.3 Å².